The summed E-state index contributed by atoms with van der Waals surface area (Å²) in [6.45, 7) is 5.47. The van der Waals surface area contributed by atoms with E-state index in [1.54, 1.807) is 12.3 Å². The van der Waals surface area contributed by atoms with Crippen molar-refractivity contribution in [3.63, 3.8) is 0 Å². The second kappa shape index (κ2) is 9.54. The number of pyridine rings is 1. The van der Waals surface area contributed by atoms with Crippen molar-refractivity contribution in [1.82, 2.24) is 25.2 Å². The van der Waals surface area contributed by atoms with E-state index in [1.165, 1.54) is 0 Å². The van der Waals surface area contributed by atoms with Gasteiger partial charge in [-0.2, -0.15) is 0 Å². The number of hydrogen-bond acceptors (Lipinski definition) is 6. The Morgan fingerprint density at radius 3 is 2.65 bits per heavy atom. The Bertz CT molecular complexity index is 1230. The lowest BCUT2D eigenvalue weighted by molar-refractivity contribution is 0.0946. The molecule has 2 aliphatic rings. The first kappa shape index (κ1) is 22.5. The maximum atomic E-state index is 12.3. The molecule has 2 fully saturated rings. The molecule has 5 rings (SSSR count). The summed E-state index contributed by atoms with van der Waals surface area (Å²) < 4.78 is 0. The van der Waals surface area contributed by atoms with Gasteiger partial charge in [0, 0.05) is 38.1 Å². The number of carbonyl (C=O) groups is 1. The van der Waals surface area contributed by atoms with Crippen molar-refractivity contribution < 1.29 is 4.79 Å². The van der Waals surface area contributed by atoms with Gasteiger partial charge < -0.3 is 20.1 Å². The molecule has 0 saturated heterocycles. The molecule has 0 aliphatic heterocycles. The van der Waals surface area contributed by atoms with Gasteiger partial charge in [0.1, 0.15) is 11.4 Å². The monoisotopic (exact) mass is 460 g/mol. The number of anilines is 1. The highest BCUT2D eigenvalue weighted by atomic mass is 16.2. The number of nitrogens with zero attached hydrogens (tertiary/aromatic N) is 4. The molecule has 34 heavy (non-hydrogen) atoms. The number of amides is 1. The zero-order valence-corrected chi connectivity index (χ0v) is 19.9. The third-order valence-electron chi connectivity index (χ3n) is 6.59. The maximum Gasteiger partial charge on any atom is 0.270 e. The summed E-state index contributed by atoms with van der Waals surface area (Å²) >= 11 is 0. The Hall–Kier alpha value is -3.26. The van der Waals surface area contributed by atoms with E-state index in [-0.39, 0.29) is 11.5 Å². The molecule has 2 aromatic heterocycles. The fraction of sp³-hybridized carbons (Fsp3) is 0.462. The largest absolute Gasteiger partial charge is 0.369 e. The molecule has 0 spiro atoms. The predicted octanol–water partition coefficient (Wildman–Crippen LogP) is 3.05. The number of aromatic nitrogens is 3. The first-order chi connectivity index (χ1) is 16.5. The van der Waals surface area contributed by atoms with Crippen LogP contribution in [0.5, 0.6) is 0 Å². The van der Waals surface area contributed by atoms with Crippen molar-refractivity contribution >= 4 is 22.6 Å². The van der Waals surface area contributed by atoms with Crippen molar-refractivity contribution in [1.29, 1.82) is 0 Å². The average molecular weight is 461 g/mol. The van der Waals surface area contributed by atoms with Crippen LogP contribution in [-0.2, 0) is 6.54 Å². The molecule has 2 saturated carbocycles. The van der Waals surface area contributed by atoms with Crippen molar-refractivity contribution in [2.24, 2.45) is 0 Å². The number of fused-ring (bicyclic) bond motifs is 1. The molecule has 0 radical (unpaired) electrons. The third kappa shape index (κ3) is 5.28. The van der Waals surface area contributed by atoms with Gasteiger partial charge in [-0.3, -0.25) is 9.59 Å². The normalized spacial score (nSPS) is 15.6. The Kier molecular flexibility index (Phi) is 6.32. The molecular weight excluding hydrogens is 428 g/mol. The van der Waals surface area contributed by atoms with Crippen LogP contribution in [-0.4, -0.2) is 58.5 Å². The van der Waals surface area contributed by atoms with E-state index < -0.39 is 0 Å². The standard InChI is InChI=1S/C26H32N6O2/c1-3-32(20-9-11-22(27-15-20)25(33)28-19-7-8-19)13-12-31(2)16-17-4-10-21-23(14-17)30-26(34)24(29-21)18-5-6-18/h4,9-11,14-15,18-19H,3,5-8,12-13,16H2,1-2H3,(H,28,33)(H,30,34). The average Bonchev–Trinajstić information content (AvgIpc) is 3.75. The Morgan fingerprint density at radius 2 is 1.97 bits per heavy atom. The van der Waals surface area contributed by atoms with Crippen LogP contribution in [0.4, 0.5) is 5.69 Å². The fourth-order valence-corrected chi connectivity index (χ4v) is 4.23. The van der Waals surface area contributed by atoms with Crippen LogP contribution in [0.2, 0.25) is 0 Å². The molecule has 8 nitrogen and oxygen atoms in total. The Morgan fingerprint density at radius 1 is 1.15 bits per heavy atom. The minimum atomic E-state index is -0.0903. The van der Waals surface area contributed by atoms with Gasteiger partial charge in [-0.05, 0) is 69.5 Å². The van der Waals surface area contributed by atoms with E-state index >= 15 is 0 Å². The molecule has 2 N–H and O–H groups in total. The van der Waals surface area contributed by atoms with Crippen LogP contribution in [0.1, 0.15) is 60.3 Å². The third-order valence-corrected chi connectivity index (χ3v) is 6.59. The lowest BCUT2D eigenvalue weighted by atomic mass is 10.1. The zero-order chi connectivity index (χ0) is 23.7. The Labute approximate surface area is 199 Å². The molecule has 178 valence electrons. The minimum absolute atomic E-state index is 0.0521. The second-order valence-electron chi connectivity index (χ2n) is 9.54. The number of rotatable bonds is 10. The van der Waals surface area contributed by atoms with E-state index in [0.29, 0.717) is 23.3 Å². The molecule has 8 heteroatoms. The molecule has 2 heterocycles. The van der Waals surface area contributed by atoms with Gasteiger partial charge in [-0.15, -0.1) is 0 Å². The first-order valence-corrected chi connectivity index (χ1v) is 12.2. The van der Waals surface area contributed by atoms with E-state index in [4.69, 9.17) is 0 Å². The number of hydrogen-bond donors (Lipinski definition) is 2. The van der Waals surface area contributed by atoms with Gasteiger partial charge in [-0.1, -0.05) is 6.07 Å². The van der Waals surface area contributed by atoms with Gasteiger partial charge in [0.2, 0.25) is 0 Å². The second-order valence-corrected chi connectivity index (χ2v) is 9.54. The van der Waals surface area contributed by atoms with Crippen molar-refractivity contribution in [3.8, 4) is 0 Å². The fourth-order valence-electron chi connectivity index (χ4n) is 4.23. The van der Waals surface area contributed by atoms with Gasteiger partial charge in [0.25, 0.3) is 11.5 Å². The lowest BCUT2D eigenvalue weighted by Crippen LogP contribution is -2.33. The summed E-state index contributed by atoms with van der Waals surface area (Å²) in [6.07, 6.45) is 6.05. The number of H-pyrrole nitrogens is 1. The van der Waals surface area contributed by atoms with Crippen LogP contribution in [0.15, 0.2) is 41.3 Å². The van der Waals surface area contributed by atoms with Gasteiger partial charge in [0.15, 0.2) is 0 Å². The molecule has 2 aliphatic carbocycles. The van der Waals surface area contributed by atoms with Crippen LogP contribution < -0.4 is 15.8 Å². The molecule has 1 aromatic carbocycles. The first-order valence-electron chi connectivity index (χ1n) is 12.2. The quantitative estimate of drug-likeness (QED) is 0.483. The molecule has 0 unspecified atom stereocenters. The zero-order valence-electron chi connectivity index (χ0n) is 19.9. The number of carbonyl (C=O) groups excluding carboxylic acids is 1. The van der Waals surface area contributed by atoms with E-state index in [9.17, 15) is 9.59 Å². The summed E-state index contributed by atoms with van der Waals surface area (Å²) in [7, 11) is 2.10. The van der Waals surface area contributed by atoms with Crippen LogP contribution in [0.25, 0.3) is 11.0 Å². The number of nitrogens with one attached hydrogen (secondary N) is 2. The van der Waals surface area contributed by atoms with Crippen molar-refractivity contribution in [3.05, 3.63) is 63.8 Å². The van der Waals surface area contributed by atoms with E-state index in [0.717, 1.165) is 74.1 Å². The van der Waals surface area contributed by atoms with Crippen molar-refractivity contribution in [2.45, 2.75) is 51.1 Å². The minimum Gasteiger partial charge on any atom is -0.369 e. The topological polar surface area (TPSA) is 94.2 Å². The van der Waals surface area contributed by atoms with E-state index in [2.05, 4.69) is 50.1 Å². The lowest BCUT2D eigenvalue weighted by Gasteiger charge is -2.26. The summed E-state index contributed by atoms with van der Waals surface area (Å²) in [4.78, 5) is 41.0. The van der Waals surface area contributed by atoms with Crippen molar-refractivity contribution in [2.75, 3.05) is 31.6 Å². The summed E-state index contributed by atoms with van der Waals surface area (Å²) in [5.41, 5.74) is 4.91. The highest BCUT2D eigenvalue weighted by Crippen LogP contribution is 2.37. The smallest absolute Gasteiger partial charge is 0.270 e. The molecule has 3 aromatic rings. The number of aromatic amines is 1. The van der Waals surface area contributed by atoms with Crippen LogP contribution in [0, 0.1) is 0 Å². The predicted molar refractivity (Wildman–Crippen MR) is 133 cm³/mol. The summed E-state index contributed by atoms with van der Waals surface area (Å²) in [5.74, 6) is 0.249. The molecule has 1 amide bonds. The van der Waals surface area contributed by atoms with Gasteiger partial charge in [0.05, 0.1) is 22.9 Å². The maximum absolute atomic E-state index is 12.3. The number of benzene rings is 1. The molecule has 0 bridgehead atoms. The summed E-state index contributed by atoms with van der Waals surface area (Å²) in [6, 6.07) is 10.2. The molecular formula is C26H32N6O2. The number of likely N-dealkylation sites (N-methyl/N-ethyl adjacent to an activating group) is 2. The van der Waals surface area contributed by atoms with Crippen LogP contribution >= 0.6 is 0 Å². The van der Waals surface area contributed by atoms with Crippen LogP contribution in [0.3, 0.4) is 0 Å². The highest BCUT2D eigenvalue weighted by molar-refractivity contribution is 5.92. The van der Waals surface area contributed by atoms with Gasteiger partial charge in [-0.25, -0.2) is 9.97 Å². The summed E-state index contributed by atoms with van der Waals surface area (Å²) in [5, 5.41) is 2.98. The highest BCUT2D eigenvalue weighted by Gasteiger charge is 2.28. The SMILES string of the molecule is CCN(CCN(C)Cc1ccc2nc(C3CC3)c(=O)[nH]c2c1)c1ccc(C(=O)NC2CC2)nc1. The Balaban J connectivity index is 1.18. The van der Waals surface area contributed by atoms with E-state index in [1.807, 2.05) is 18.2 Å². The van der Waals surface area contributed by atoms with Gasteiger partial charge >= 0.3 is 0 Å². The molecule has 0 atom stereocenters.